The van der Waals surface area contributed by atoms with Gasteiger partial charge in [0.1, 0.15) is 11.5 Å². The molecule has 0 radical (unpaired) electrons. The van der Waals surface area contributed by atoms with Crippen molar-refractivity contribution in [2.45, 2.75) is 13.3 Å². The fourth-order valence-corrected chi connectivity index (χ4v) is 1.85. The summed E-state index contributed by atoms with van der Waals surface area (Å²) in [6, 6.07) is 6.17. The molecule has 0 spiro atoms. The molecule has 2 rings (SSSR count). The molecule has 0 saturated carbocycles. The summed E-state index contributed by atoms with van der Waals surface area (Å²) in [5.74, 6) is -0.573. The van der Waals surface area contributed by atoms with Gasteiger partial charge in [0.05, 0.1) is 11.0 Å². The highest BCUT2D eigenvalue weighted by Crippen LogP contribution is 2.27. The first-order valence-electron chi connectivity index (χ1n) is 6.15. The molecule has 1 aromatic carbocycles. The summed E-state index contributed by atoms with van der Waals surface area (Å²) in [6.45, 7) is 2.10. The molecule has 1 heterocycles. The number of hydrogen-bond donors (Lipinski definition) is 1. The molecule has 0 unspecified atom stereocenters. The monoisotopic (exact) mass is 275 g/mol. The van der Waals surface area contributed by atoms with Crippen molar-refractivity contribution in [2.24, 2.45) is 0 Å². The number of aryl methyl sites for hydroxylation is 1. The molecule has 0 atom stereocenters. The molecule has 0 amide bonds. The van der Waals surface area contributed by atoms with Gasteiger partial charge in [0.25, 0.3) is 5.69 Å². The molecule has 0 aliphatic rings. The van der Waals surface area contributed by atoms with Gasteiger partial charge >= 0.3 is 0 Å². The second-order valence-electron chi connectivity index (χ2n) is 4.41. The van der Waals surface area contributed by atoms with Gasteiger partial charge in [-0.2, -0.15) is 0 Å². The van der Waals surface area contributed by atoms with Crippen molar-refractivity contribution >= 4 is 11.4 Å². The quantitative estimate of drug-likeness (QED) is 0.672. The first-order valence-corrected chi connectivity index (χ1v) is 6.15. The van der Waals surface area contributed by atoms with Crippen molar-refractivity contribution in [3.05, 3.63) is 63.7 Å². The second-order valence-corrected chi connectivity index (χ2v) is 4.41. The third kappa shape index (κ3) is 3.28. The number of benzene rings is 1. The molecule has 0 fully saturated rings. The van der Waals surface area contributed by atoms with Crippen molar-refractivity contribution < 1.29 is 9.31 Å². The molecule has 2 aromatic rings. The van der Waals surface area contributed by atoms with Gasteiger partial charge < -0.3 is 5.32 Å². The minimum Gasteiger partial charge on any atom is -0.379 e. The van der Waals surface area contributed by atoms with Crippen molar-refractivity contribution in [3.63, 3.8) is 0 Å². The summed E-state index contributed by atoms with van der Waals surface area (Å²) in [4.78, 5) is 14.2. The normalized spacial score (nSPS) is 10.3. The molecule has 0 aliphatic carbocycles. The van der Waals surface area contributed by atoms with Crippen LogP contribution in [0.15, 0.2) is 36.7 Å². The maximum Gasteiger partial charge on any atom is 0.295 e. The van der Waals surface area contributed by atoms with Gasteiger partial charge in [0, 0.05) is 18.9 Å². The van der Waals surface area contributed by atoms with Crippen molar-refractivity contribution in [1.82, 2.24) is 4.98 Å². The van der Waals surface area contributed by atoms with Crippen LogP contribution in [0, 0.1) is 22.9 Å². The predicted octanol–water partition coefficient (Wildman–Crippen LogP) is 3.09. The van der Waals surface area contributed by atoms with E-state index in [-0.39, 0.29) is 5.69 Å². The van der Waals surface area contributed by atoms with E-state index in [1.54, 1.807) is 19.3 Å². The fourth-order valence-electron chi connectivity index (χ4n) is 1.85. The fraction of sp³-hybridized carbons (Fsp3) is 0.214. The maximum absolute atomic E-state index is 13.4. The number of nitro benzene ring substituents is 1. The van der Waals surface area contributed by atoms with Gasteiger partial charge in [0.2, 0.25) is 0 Å². The van der Waals surface area contributed by atoms with Crippen molar-refractivity contribution in [1.29, 1.82) is 0 Å². The first kappa shape index (κ1) is 13.9. The largest absolute Gasteiger partial charge is 0.379 e. The Hall–Kier alpha value is -2.50. The number of hydrogen-bond acceptors (Lipinski definition) is 4. The Morgan fingerprint density at radius 1 is 1.35 bits per heavy atom. The summed E-state index contributed by atoms with van der Waals surface area (Å²) in [6.07, 6.45) is 4.09. The third-order valence-corrected chi connectivity index (χ3v) is 2.95. The molecular formula is C14H14FN3O2. The number of nitro groups is 1. The standard InChI is InChI=1S/C14H14FN3O2/c1-10-8-13(14(18(19)20)9-12(10)15)17-7-4-11-2-5-16-6-3-11/h2-3,5-6,8-9,17H,4,7H2,1H3. The van der Waals surface area contributed by atoms with E-state index < -0.39 is 10.7 Å². The number of anilines is 1. The van der Waals surface area contributed by atoms with Crippen LogP contribution in [0.25, 0.3) is 0 Å². The number of pyridine rings is 1. The number of halogens is 1. The van der Waals surface area contributed by atoms with E-state index in [1.807, 2.05) is 12.1 Å². The van der Waals surface area contributed by atoms with Gasteiger partial charge in [-0.15, -0.1) is 0 Å². The summed E-state index contributed by atoms with van der Waals surface area (Å²) >= 11 is 0. The van der Waals surface area contributed by atoms with Crippen LogP contribution in [0.3, 0.4) is 0 Å². The van der Waals surface area contributed by atoms with Crippen LogP contribution in [0.2, 0.25) is 0 Å². The summed E-state index contributed by atoms with van der Waals surface area (Å²) in [5.41, 5.74) is 1.54. The number of nitrogens with zero attached hydrogens (tertiary/aromatic N) is 2. The summed E-state index contributed by atoms with van der Waals surface area (Å²) in [7, 11) is 0. The lowest BCUT2D eigenvalue weighted by atomic mass is 10.1. The number of rotatable bonds is 5. The highest BCUT2D eigenvalue weighted by Gasteiger charge is 2.16. The number of aromatic nitrogens is 1. The van der Waals surface area contributed by atoms with E-state index in [1.165, 1.54) is 6.07 Å². The van der Waals surface area contributed by atoms with Crippen LogP contribution in [-0.4, -0.2) is 16.5 Å². The zero-order chi connectivity index (χ0) is 14.5. The first-order chi connectivity index (χ1) is 9.58. The Labute approximate surface area is 115 Å². The molecular weight excluding hydrogens is 261 g/mol. The minimum absolute atomic E-state index is 0.247. The Bertz CT molecular complexity index is 617. The second kappa shape index (κ2) is 6.10. The Morgan fingerprint density at radius 2 is 2.05 bits per heavy atom. The predicted molar refractivity (Wildman–Crippen MR) is 74.2 cm³/mol. The van der Waals surface area contributed by atoms with Crippen LogP contribution >= 0.6 is 0 Å². The lowest BCUT2D eigenvalue weighted by Gasteiger charge is -2.08. The van der Waals surface area contributed by atoms with Crippen LogP contribution in [0.4, 0.5) is 15.8 Å². The van der Waals surface area contributed by atoms with E-state index in [0.29, 0.717) is 24.2 Å². The van der Waals surface area contributed by atoms with E-state index in [2.05, 4.69) is 10.3 Å². The van der Waals surface area contributed by atoms with Gasteiger partial charge in [-0.25, -0.2) is 4.39 Å². The highest BCUT2D eigenvalue weighted by molar-refractivity contribution is 5.63. The van der Waals surface area contributed by atoms with Gasteiger partial charge in [-0.05, 0) is 42.7 Å². The third-order valence-electron chi connectivity index (χ3n) is 2.95. The highest BCUT2D eigenvalue weighted by atomic mass is 19.1. The average Bonchev–Trinajstić information content (AvgIpc) is 2.43. The molecule has 1 N–H and O–H groups in total. The molecule has 20 heavy (non-hydrogen) atoms. The topological polar surface area (TPSA) is 68.1 Å². The van der Waals surface area contributed by atoms with Crippen molar-refractivity contribution in [3.8, 4) is 0 Å². The zero-order valence-corrected chi connectivity index (χ0v) is 11.0. The zero-order valence-electron chi connectivity index (χ0n) is 11.0. The molecule has 5 nitrogen and oxygen atoms in total. The molecule has 1 aromatic heterocycles. The summed E-state index contributed by atoms with van der Waals surface area (Å²) in [5, 5.41) is 13.9. The lowest BCUT2D eigenvalue weighted by molar-refractivity contribution is -0.384. The molecule has 0 saturated heterocycles. The van der Waals surface area contributed by atoms with Crippen LogP contribution < -0.4 is 5.32 Å². The SMILES string of the molecule is Cc1cc(NCCc2ccncc2)c([N+](=O)[O-])cc1F. The lowest BCUT2D eigenvalue weighted by Crippen LogP contribution is -2.07. The molecule has 0 bridgehead atoms. The van der Waals surface area contributed by atoms with Crippen LogP contribution in [0.5, 0.6) is 0 Å². The van der Waals surface area contributed by atoms with E-state index in [0.717, 1.165) is 11.6 Å². The Morgan fingerprint density at radius 3 is 2.70 bits per heavy atom. The van der Waals surface area contributed by atoms with E-state index in [9.17, 15) is 14.5 Å². The maximum atomic E-state index is 13.4. The van der Waals surface area contributed by atoms with Crippen LogP contribution in [0.1, 0.15) is 11.1 Å². The number of nitrogens with one attached hydrogen (secondary N) is 1. The summed E-state index contributed by atoms with van der Waals surface area (Å²) < 4.78 is 13.4. The van der Waals surface area contributed by atoms with Crippen LogP contribution in [-0.2, 0) is 6.42 Å². The Kier molecular flexibility index (Phi) is 4.24. The van der Waals surface area contributed by atoms with E-state index in [4.69, 9.17) is 0 Å². The molecule has 104 valence electrons. The molecule has 0 aliphatic heterocycles. The van der Waals surface area contributed by atoms with Gasteiger partial charge in [0.15, 0.2) is 0 Å². The average molecular weight is 275 g/mol. The Balaban J connectivity index is 2.09. The van der Waals surface area contributed by atoms with Crippen molar-refractivity contribution in [2.75, 3.05) is 11.9 Å². The van der Waals surface area contributed by atoms with Gasteiger partial charge in [-0.1, -0.05) is 0 Å². The van der Waals surface area contributed by atoms with E-state index >= 15 is 0 Å². The molecule has 6 heteroatoms. The minimum atomic E-state index is -0.586. The van der Waals surface area contributed by atoms with Gasteiger partial charge in [-0.3, -0.25) is 15.1 Å². The smallest absolute Gasteiger partial charge is 0.295 e.